The molecule has 2 aromatic rings. The van der Waals surface area contributed by atoms with Gasteiger partial charge in [0.15, 0.2) is 5.78 Å². The fourth-order valence-corrected chi connectivity index (χ4v) is 3.49. The van der Waals surface area contributed by atoms with E-state index in [1.165, 1.54) is 0 Å². The van der Waals surface area contributed by atoms with Crippen LogP contribution in [0, 0.1) is 0 Å². The summed E-state index contributed by atoms with van der Waals surface area (Å²) in [5, 5.41) is 0. The second-order valence-corrected chi connectivity index (χ2v) is 5.98. The van der Waals surface area contributed by atoms with Gasteiger partial charge in [-0.15, -0.1) is 0 Å². The minimum atomic E-state index is 0.0443. The molecule has 2 aliphatic rings. The largest absolute Gasteiger partial charge is 0.379 e. The molecule has 1 saturated heterocycles. The molecule has 3 heteroatoms. The van der Waals surface area contributed by atoms with Crippen LogP contribution in [0.25, 0.3) is 6.08 Å². The summed E-state index contributed by atoms with van der Waals surface area (Å²) in [5.41, 5.74) is 3.91. The van der Waals surface area contributed by atoms with Crippen LogP contribution in [0.5, 0.6) is 0 Å². The van der Waals surface area contributed by atoms with Crippen molar-refractivity contribution in [2.45, 2.75) is 6.04 Å². The number of carbonyl (C=O) groups is 1. The standard InChI is InChI=1S/C20H19NO2/c22-20-17-9-5-4-8-16(17)19(21-10-12-23-13-11-21)18(20)14-15-6-2-1-3-7-15/h1-9,14,19H,10-13H2/b18-14+. The van der Waals surface area contributed by atoms with Crippen LogP contribution in [0.2, 0.25) is 0 Å². The molecule has 0 saturated carbocycles. The number of ketones is 1. The number of hydrogen-bond acceptors (Lipinski definition) is 3. The summed E-state index contributed by atoms with van der Waals surface area (Å²) in [6.45, 7) is 3.17. The Morgan fingerprint density at radius 1 is 0.957 bits per heavy atom. The van der Waals surface area contributed by atoms with E-state index in [0.29, 0.717) is 0 Å². The monoisotopic (exact) mass is 305 g/mol. The SMILES string of the molecule is O=C1/C(=C/c2ccccc2)C(N2CCOCC2)c2ccccc21. The highest BCUT2D eigenvalue weighted by molar-refractivity contribution is 6.16. The molecular formula is C20H19NO2. The maximum absolute atomic E-state index is 12.9. The van der Waals surface area contributed by atoms with Crippen molar-refractivity contribution in [3.63, 3.8) is 0 Å². The van der Waals surface area contributed by atoms with Gasteiger partial charge in [0.1, 0.15) is 0 Å². The summed E-state index contributed by atoms with van der Waals surface area (Å²) in [7, 11) is 0. The van der Waals surface area contributed by atoms with E-state index in [2.05, 4.69) is 11.0 Å². The van der Waals surface area contributed by atoms with Crippen molar-refractivity contribution in [3.8, 4) is 0 Å². The summed E-state index contributed by atoms with van der Waals surface area (Å²) in [4.78, 5) is 15.3. The lowest BCUT2D eigenvalue weighted by atomic mass is 10.0. The molecule has 1 aliphatic carbocycles. The van der Waals surface area contributed by atoms with E-state index < -0.39 is 0 Å². The summed E-state index contributed by atoms with van der Waals surface area (Å²) < 4.78 is 5.48. The molecule has 0 aromatic heterocycles. The maximum Gasteiger partial charge on any atom is 0.191 e. The predicted molar refractivity (Wildman–Crippen MR) is 90.3 cm³/mol. The summed E-state index contributed by atoms with van der Waals surface area (Å²) in [6.07, 6.45) is 2.04. The van der Waals surface area contributed by atoms with Crippen LogP contribution in [0.1, 0.15) is 27.5 Å². The van der Waals surface area contributed by atoms with Crippen molar-refractivity contribution < 1.29 is 9.53 Å². The van der Waals surface area contributed by atoms with Crippen molar-refractivity contribution in [2.75, 3.05) is 26.3 Å². The summed E-state index contributed by atoms with van der Waals surface area (Å²) in [5.74, 6) is 0.154. The Morgan fingerprint density at radius 3 is 2.43 bits per heavy atom. The number of benzene rings is 2. The molecule has 1 aliphatic heterocycles. The quantitative estimate of drug-likeness (QED) is 0.797. The molecule has 1 unspecified atom stereocenters. The van der Waals surface area contributed by atoms with Crippen molar-refractivity contribution in [2.24, 2.45) is 0 Å². The molecule has 1 fully saturated rings. The zero-order chi connectivity index (χ0) is 15.6. The first-order valence-electron chi connectivity index (χ1n) is 8.06. The zero-order valence-electron chi connectivity index (χ0n) is 12.9. The third-order valence-electron chi connectivity index (χ3n) is 4.59. The van der Waals surface area contributed by atoms with Gasteiger partial charge < -0.3 is 4.74 Å². The van der Waals surface area contributed by atoms with Gasteiger partial charge in [-0.25, -0.2) is 0 Å². The van der Waals surface area contributed by atoms with Gasteiger partial charge in [-0.05, 0) is 17.2 Å². The predicted octanol–water partition coefficient (Wildman–Crippen LogP) is 3.34. The molecule has 3 nitrogen and oxygen atoms in total. The molecule has 0 radical (unpaired) electrons. The van der Waals surface area contributed by atoms with Gasteiger partial charge in [-0.1, -0.05) is 54.6 Å². The molecule has 116 valence electrons. The highest BCUT2D eigenvalue weighted by atomic mass is 16.5. The molecular weight excluding hydrogens is 286 g/mol. The normalized spacial score (nSPS) is 23.2. The van der Waals surface area contributed by atoms with Gasteiger partial charge in [-0.3, -0.25) is 9.69 Å². The summed E-state index contributed by atoms with van der Waals surface area (Å²) in [6, 6.07) is 18.1. The van der Waals surface area contributed by atoms with E-state index in [1.807, 2.05) is 54.6 Å². The van der Waals surface area contributed by atoms with E-state index >= 15 is 0 Å². The molecule has 4 rings (SSSR count). The summed E-state index contributed by atoms with van der Waals surface area (Å²) >= 11 is 0. The van der Waals surface area contributed by atoms with Crippen molar-refractivity contribution in [1.82, 2.24) is 4.90 Å². The number of rotatable bonds is 2. The van der Waals surface area contributed by atoms with Gasteiger partial charge in [0.2, 0.25) is 0 Å². The lowest BCUT2D eigenvalue weighted by Crippen LogP contribution is -2.39. The smallest absolute Gasteiger partial charge is 0.191 e. The molecule has 0 spiro atoms. The highest BCUT2D eigenvalue weighted by Crippen LogP contribution is 2.41. The van der Waals surface area contributed by atoms with Crippen molar-refractivity contribution >= 4 is 11.9 Å². The van der Waals surface area contributed by atoms with E-state index in [4.69, 9.17) is 4.74 Å². The Hall–Kier alpha value is -2.23. The Balaban J connectivity index is 1.80. The third-order valence-corrected chi connectivity index (χ3v) is 4.59. The molecule has 0 N–H and O–H groups in total. The average molecular weight is 305 g/mol. The molecule has 1 heterocycles. The number of nitrogens with zero attached hydrogens (tertiary/aromatic N) is 1. The van der Waals surface area contributed by atoms with E-state index in [0.717, 1.165) is 48.6 Å². The highest BCUT2D eigenvalue weighted by Gasteiger charge is 2.38. The van der Waals surface area contributed by atoms with Crippen LogP contribution in [0.15, 0.2) is 60.2 Å². The number of Topliss-reactive ketones (excluding diaryl/α,β-unsaturated/α-hetero) is 1. The van der Waals surface area contributed by atoms with Crippen LogP contribution in [0.4, 0.5) is 0 Å². The first-order valence-corrected chi connectivity index (χ1v) is 8.06. The fourth-order valence-electron chi connectivity index (χ4n) is 3.49. The first kappa shape index (κ1) is 14.4. The molecule has 0 amide bonds. The maximum atomic E-state index is 12.9. The topological polar surface area (TPSA) is 29.5 Å². The minimum absolute atomic E-state index is 0.0443. The second-order valence-electron chi connectivity index (χ2n) is 5.98. The Labute approximate surface area is 136 Å². The number of ether oxygens (including phenoxy) is 1. The fraction of sp³-hybridized carbons (Fsp3) is 0.250. The van der Waals surface area contributed by atoms with Crippen LogP contribution in [-0.2, 0) is 4.74 Å². The van der Waals surface area contributed by atoms with E-state index in [-0.39, 0.29) is 11.8 Å². The molecule has 23 heavy (non-hydrogen) atoms. The third kappa shape index (κ3) is 2.62. The average Bonchev–Trinajstić information content (AvgIpc) is 2.89. The van der Waals surface area contributed by atoms with Crippen LogP contribution in [-0.4, -0.2) is 37.0 Å². The minimum Gasteiger partial charge on any atom is -0.379 e. The van der Waals surface area contributed by atoms with Gasteiger partial charge in [0, 0.05) is 24.2 Å². The van der Waals surface area contributed by atoms with Gasteiger partial charge in [0.05, 0.1) is 19.3 Å². The second kappa shape index (κ2) is 6.11. The van der Waals surface area contributed by atoms with Gasteiger partial charge in [0.25, 0.3) is 0 Å². The number of fused-ring (bicyclic) bond motifs is 1. The number of morpholine rings is 1. The lowest BCUT2D eigenvalue weighted by Gasteiger charge is -2.33. The van der Waals surface area contributed by atoms with Gasteiger partial charge >= 0.3 is 0 Å². The lowest BCUT2D eigenvalue weighted by molar-refractivity contribution is 0.0242. The van der Waals surface area contributed by atoms with Crippen LogP contribution in [0.3, 0.4) is 0 Å². The first-order chi connectivity index (χ1) is 11.3. The van der Waals surface area contributed by atoms with Crippen molar-refractivity contribution in [3.05, 3.63) is 76.9 Å². The van der Waals surface area contributed by atoms with Gasteiger partial charge in [-0.2, -0.15) is 0 Å². The van der Waals surface area contributed by atoms with Crippen molar-refractivity contribution in [1.29, 1.82) is 0 Å². The zero-order valence-corrected chi connectivity index (χ0v) is 12.9. The van der Waals surface area contributed by atoms with Crippen LogP contribution < -0.4 is 0 Å². The molecule has 2 aromatic carbocycles. The Kier molecular flexibility index (Phi) is 3.82. The number of carbonyl (C=O) groups excluding carboxylic acids is 1. The van der Waals surface area contributed by atoms with Crippen LogP contribution >= 0.6 is 0 Å². The number of hydrogen-bond donors (Lipinski definition) is 0. The van der Waals surface area contributed by atoms with E-state index in [9.17, 15) is 4.79 Å². The molecule has 0 bridgehead atoms. The Morgan fingerprint density at radius 2 is 1.65 bits per heavy atom. The van der Waals surface area contributed by atoms with E-state index in [1.54, 1.807) is 0 Å². The molecule has 1 atom stereocenters. The Bertz CT molecular complexity index is 745.